The molecular weight excluding hydrogens is 1310 g/mol. The number of likely N-dealkylation sites (N-methyl/N-ethyl adjacent to an activating group) is 1. The summed E-state index contributed by atoms with van der Waals surface area (Å²) in [5.74, 6) is -4.69. The standard InChI is InChI=1S/C65H91BrClN9O18/c1-37(2)55(72-51(77)21-14-13-15-29-90-59(82)39(4)35-66)58(81)71-45(19-17-27-69-61(68)84)57(80)70-44-24-22-42(23-25-44)36-91-63(86)74(8)28-26-52(78)75(9)41(6)60(83)93-50-33-53(79)76(10)46-31-43(32-47(88-11)54(46)67)30-38(3)18-16-20-49(89-12)65(87)34-48(92-62(85)73-65)40(5)56-64(50,7)94-56/h16,18,20,22-25,31-32,37,40-41,45,48-50,55-56,87H,4,13-15,17,19,21,26-30,33-36H2,1-3,5-12H3,(H,70,80)(H,71,81)(H,72,77)(H,73,85)(H3,68,69,84)/b20-16+,38-18+/t40-,41+,45+,48+,49-,50+,55+,56+,64+,65+/m1/s1. The Bertz CT molecular complexity index is 3130. The van der Waals surface area contributed by atoms with E-state index in [-0.39, 0.29) is 75.3 Å². The van der Waals surface area contributed by atoms with Crippen LogP contribution in [0.25, 0.3) is 0 Å². The highest BCUT2D eigenvalue weighted by molar-refractivity contribution is 9.09. The van der Waals surface area contributed by atoms with E-state index in [4.69, 9.17) is 50.5 Å². The van der Waals surface area contributed by atoms with Crippen molar-refractivity contribution in [2.45, 2.75) is 166 Å². The fraction of sp³-hybridized carbons (Fsp3) is 0.569. The molecule has 10 atom stereocenters. The van der Waals surface area contributed by atoms with Gasteiger partial charge in [0, 0.05) is 83.1 Å². The van der Waals surface area contributed by atoms with Crippen molar-refractivity contribution in [3.8, 4) is 5.75 Å². The van der Waals surface area contributed by atoms with Crippen LogP contribution < -0.4 is 42.0 Å². The fourth-order valence-electron chi connectivity index (χ4n) is 10.6. The average Bonchev–Trinajstić information content (AvgIpc) is 1.57. The van der Waals surface area contributed by atoms with E-state index < -0.39 is 120 Å². The van der Waals surface area contributed by atoms with E-state index in [1.54, 1.807) is 76.2 Å². The van der Waals surface area contributed by atoms with Gasteiger partial charge in [-0.1, -0.05) is 90.8 Å². The highest BCUT2D eigenvalue weighted by atomic mass is 79.9. The lowest BCUT2D eigenvalue weighted by Gasteiger charge is -2.42. The molecule has 4 bridgehead atoms. The predicted octanol–water partition coefficient (Wildman–Crippen LogP) is 6.24. The Balaban J connectivity index is 1.18. The first-order valence-electron chi connectivity index (χ1n) is 31.0. The van der Waals surface area contributed by atoms with Gasteiger partial charge < -0.3 is 80.0 Å². The maximum atomic E-state index is 14.5. The number of unbranched alkanes of at least 4 members (excludes halogenated alkanes) is 2. The summed E-state index contributed by atoms with van der Waals surface area (Å²) in [6.45, 7) is 13.8. The molecule has 3 heterocycles. The first kappa shape index (κ1) is 76.9. The van der Waals surface area contributed by atoms with Crippen molar-refractivity contribution in [2.75, 3.05) is 70.6 Å². The molecule has 94 heavy (non-hydrogen) atoms. The number of urea groups is 1. The van der Waals surface area contributed by atoms with E-state index in [1.165, 1.54) is 52.1 Å². The number of nitrogens with two attached hydrogens (primary N) is 1. The van der Waals surface area contributed by atoms with Crippen LogP contribution in [0.4, 0.5) is 25.8 Å². The number of nitrogens with zero attached hydrogens (tertiary/aromatic N) is 3. The Morgan fingerprint density at radius 2 is 1.68 bits per heavy atom. The smallest absolute Gasteiger partial charge is 0.409 e. The van der Waals surface area contributed by atoms with E-state index in [2.05, 4.69) is 49.1 Å². The number of alkyl carbamates (subject to hydrolysis) is 1. The summed E-state index contributed by atoms with van der Waals surface area (Å²) in [7, 11) is 7.20. The summed E-state index contributed by atoms with van der Waals surface area (Å²) >= 11 is 9.99. The summed E-state index contributed by atoms with van der Waals surface area (Å²) in [5.41, 5.74) is 5.06. The van der Waals surface area contributed by atoms with Crippen LogP contribution in [0.2, 0.25) is 5.02 Å². The van der Waals surface area contributed by atoms with Gasteiger partial charge in [0.2, 0.25) is 29.5 Å². The first-order chi connectivity index (χ1) is 44.4. The predicted molar refractivity (Wildman–Crippen MR) is 351 cm³/mol. The van der Waals surface area contributed by atoms with Crippen molar-refractivity contribution >= 4 is 98.6 Å². The average molecular weight is 1400 g/mol. The number of fused-ring (bicyclic) bond motifs is 5. The molecule has 29 heteroatoms. The Morgan fingerprint density at radius 1 is 0.979 bits per heavy atom. The number of carbonyl (C=O) groups excluding carboxylic acids is 10. The molecule has 27 nitrogen and oxygen atoms in total. The van der Waals surface area contributed by atoms with Gasteiger partial charge in [0.1, 0.15) is 59.4 Å². The maximum absolute atomic E-state index is 14.5. The number of amides is 9. The molecule has 2 saturated heterocycles. The number of allylic oxidation sites excluding steroid dienone is 3. The van der Waals surface area contributed by atoms with Crippen molar-refractivity contribution in [1.29, 1.82) is 0 Å². The summed E-state index contributed by atoms with van der Waals surface area (Å²) in [4.78, 5) is 136. The zero-order valence-corrected chi connectivity index (χ0v) is 57.6. The van der Waals surface area contributed by atoms with Crippen molar-refractivity contribution in [3.05, 3.63) is 88.5 Å². The lowest BCUT2D eigenvalue weighted by atomic mass is 9.83. The Hall–Kier alpha value is -7.79. The molecule has 0 spiro atoms. The first-order valence-corrected chi connectivity index (χ1v) is 32.5. The number of alkyl halides is 1. The molecule has 2 aromatic rings. The van der Waals surface area contributed by atoms with E-state index in [0.29, 0.717) is 59.3 Å². The number of primary amides is 1. The van der Waals surface area contributed by atoms with Crippen LogP contribution >= 0.6 is 27.5 Å². The minimum Gasteiger partial charge on any atom is -0.495 e. The molecule has 2 aromatic carbocycles. The quantitative estimate of drug-likeness (QED) is 0.0124. The zero-order valence-electron chi connectivity index (χ0n) is 55.3. The van der Waals surface area contributed by atoms with Gasteiger partial charge in [-0.3, -0.25) is 29.3 Å². The van der Waals surface area contributed by atoms with Gasteiger partial charge in [0.05, 0.1) is 31.9 Å². The Labute approximate surface area is 561 Å². The number of hydrogen-bond donors (Lipinski definition) is 7. The third-order valence-electron chi connectivity index (χ3n) is 16.7. The molecule has 5 rings (SSSR count). The van der Waals surface area contributed by atoms with E-state index in [1.807, 2.05) is 13.0 Å². The van der Waals surface area contributed by atoms with Crippen molar-refractivity contribution < 1.29 is 86.2 Å². The number of ether oxygens (including phenoxy) is 7. The molecule has 8 N–H and O–H groups in total. The van der Waals surface area contributed by atoms with E-state index >= 15 is 0 Å². The topological polar surface area (TPSA) is 355 Å². The van der Waals surface area contributed by atoms with Crippen LogP contribution in [-0.2, 0) is 75.0 Å². The zero-order chi connectivity index (χ0) is 69.8. The van der Waals surface area contributed by atoms with E-state index in [9.17, 15) is 53.1 Å². The number of methoxy groups -OCH3 is 2. The number of rotatable bonds is 28. The van der Waals surface area contributed by atoms with Crippen LogP contribution in [0.3, 0.4) is 0 Å². The molecule has 0 radical (unpaired) electrons. The van der Waals surface area contributed by atoms with Crippen molar-refractivity contribution in [1.82, 2.24) is 31.1 Å². The molecule has 0 unspecified atom stereocenters. The number of benzene rings is 2. The number of epoxide rings is 1. The van der Waals surface area contributed by atoms with Crippen LogP contribution in [0.15, 0.2) is 72.4 Å². The number of aliphatic hydroxyl groups is 1. The SMILES string of the molecule is C=C(CBr)C(=O)OCCCCCC(=O)N[C@H](C(=O)N[C@@H](CCCNC(N)=O)C(=O)Nc1ccc(COC(=O)N(C)CCC(=O)N(C)[C@@H](C)C(=O)O[C@H]2CC(=O)N(C)c3cc(cc(OC)c3Cl)C/C(C)=C/C=C/[C@@H](OC)[C@@]3(O)C[C@H](OC(=O)N3)[C@@H](C)[C@@H]3O[C@@]23C)cc1)C(C)C. The molecule has 3 aliphatic rings. The second-order valence-corrected chi connectivity index (χ2v) is 25.2. The molecule has 3 aliphatic heterocycles. The largest absolute Gasteiger partial charge is 0.495 e. The molecule has 0 aromatic heterocycles. The van der Waals surface area contributed by atoms with Gasteiger partial charge in [-0.05, 0) is 101 Å². The molecule has 518 valence electrons. The molecular formula is C65H91BrClN9O18. The minimum absolute atomic E-state index is 0.0879. The second kappa shape index (κ2) is 35.6. The second-order valence-electron chi connectivity index (χ2n) is 24.3. The lowest BCUT2D eigenvalue weighted by Crippen LogP contribution is -2.63. The maximum Gasteiger partial charge on any atom is 0.409 e. The van der Waals surface area contributed by atoms with Crippen LogP contribution in [-0.4, -0.2) is 189 Å². The molecule has 0 aliphatic carbocycles. The van der Waals surface area contributed by atoms with Crippen LogP contribution in [0.1, 0.15) is 110 Å². The summed E-state index contributed by atoms with van der Waals surface area (Å²) in [6, 6.07) is 5.77. The van der Waals surface area contributed by atoms with Gasteiger partial charge in [-0.25, -0.2) is 24.0 Å². The van der Waals surface area contributed by atoms with Gasteiger partial charge >= 0.3 is 30.2 Å². The third kappa shape index (κ3) is 21.9. The highest BCUT2D eigenvalue weighted by Gasteiger charge is 2.64. The van der Waals surface area contributed by atoms with Gasteiger partial charge in [-0.15, -0.1) is 0 Å². The summed E-state index contributed by atoms with van der Waals surface area (Å²) in [6.07, 6.45) is 1.10. The Morgan fingerprint density at radius 3 is 2.33 bits per heavy atom. The number of anilines is 2. The van der Waals surface area contributed by atoms with Gasteiger partial charge in [-0.2, -0.15) is 0 Å². The van der Waals surface area contributed by atoms with Gasteiger partial charge in [0.25, 0.3) is 0 Å². The lowest BCUT2D eigenvalue weighted by molar-refractivity contribution is -0.162. The number of esters is 2. The number of hydrogen-bond acceptors (Lipinski definition) is 18. The Kier molecular flexibility index (Phi) is 29.2. The molecule has 9 amide bonds. The third-order valence-corrected chi connectivity index (χ3v) is 17.7. The fourth-order valence-corrected chi connectivity index (χ4v) is 11.2. The number of nitrogens with one attached hydrogen (secondary N) is 5. The molecule has 2 fully saturated rings. The summed E-state index contributed by atoms with van der Waals surface area (Å²) in [5, 5.41) is 25.6. The monoisotopic (exact) mass is 1400 g/mol. The molecule has 0 saturated carbocycles. The van der Waals surface area contributed by atoms with E-state index in [0.717, 1.165) is 16.0 Å². The van der Waals surface area contributed by atoms with Crippen molar-refractivity contribution in [3.63, 3.8) is 0 Å². The van der Waals surface area contributed by atoms with Gasteiger partial charge in [0.15, 0.2) is 5.72 Å². The van der Waals surface area contributed by atoms with Crippen molar-refractivity contribution in [2.24, 2.45) is 17.6 Å². The minimum atomic E-state index is -1.91. The van der Waals surface area contributed by atoms with Crippen LogP contribution in [0.5, 0.6) is 5.75 Å². The number of halogens is 2. The normalized spacial score (nSPS) is 22.9. The highest BCUT2D eigenvalue weighted by Crippen LogP contribution is 2.49. The van der Waals surface area contributed by atoms with Crippen LogP contribution in [0, 0.1) is 11.8 Å². The number of carbonyl (C=O) groups is 10. The summed E-state index contributed by atoms with van der Waals surface area (Å²) < 4.78 is 40.1.